The summed E-state index contributed by atoms with van der Waals surface area (Å²) < 4.78 is 5.62. The van der Waals surface area contributed by atoms with E-state index in [1.165, 1.54) is 5.57 Å². The van der Waals surface area contributed by atoms with Crippen LogP contribution in [0, 0.1) is 0 Å². The Balaban J connectivity index is 2.75. The molecule has 0 fully saturated rings. The molecule has 1 rings (SSSR count). The zero-order chi connectivity index (χ0) is 14.4. The van der Waals surface area contributed by atoms with E-state index < -0.39 is 0 Å². The zero-order valence-electron chi connectivity index (χ0n) is 12.7. The topological polar surface area (TPSA) is 33.6 Å². The number of hydrogen-bond donors (Lipinski definition) is 1. The Hall–Kier alpha value is -1.77. The van der Waals surface area contributed by atoms with Crippen LogP contribution in [0.3, 0.4) is 0 Å². The van der Waals surface area contributed by atoms with Crippen molar-refractivity contribution in [2.75, 3.05) is 0 Å². The predicted molar refractivity (Wildman–Crippen MR) is 81.6 cm³/mol. The second-order valence-corrected chi connectivity index (χ2v) is 5.13. The molecule has 1 N–H and O–H groups in total. The van der Waals surface area contributed by atoms with Crippen molar-refractivity contribution >= 4 is 5.71 Å². The van der Waals surface area contributed by atoms with Crippen molar-refractivity contribution in [3.8, 4) is 5.75 Å². The quantitative estimate of drug-likeness (QED) is 0.638. The molecule has 0 aliphatic carbocycles. The largest absolute Gasteiger partial charge is 0.491 e. The fraction of sp³-hybridized carbons (Fsp3) is 0.438. The van der Waals surface area contributed by atoms with Crippen molar-refractivity contribution < 1.29 is 4.74 Å². The Labute approximate surface area is 116 Å². The second kappa shape index (κ2) is 6.98. The number of ether oxygens (including phenoxy) is 1. The molecule has 1 aromatic rings. The van der Waals surface area contributed by atoms with Crippen LogP contribution in [0.5, 0.6) is 5.75 Å². The lowest BCUT2D eigenvalue weighted by Gasteiger charge is -2.10. The van der Waals surface area contributed by atoms with Crippen LogP contribution in [0.4, 0.5) is 0 Å². The SMILES string of the molecule is CC(C)=C(C)N/N=C(\C)c1ccc(OC(C)C)cc1. The first-order chi connectivity index (χ1) is 8.90. The van der Waals surface area contributed by atoms with E-state index in [9.17, 15) is 0 Å². The van der Waals surface area contributed by atoms with Gasteiger partial charge in [0, 0.05) is 5.70 Å². The summed E-state index contributed by atoms with van der Waals surface area (Å²) >= 11 is 0. The van der Waals surface area contributed by atoms with Gasteiger partial charge in [0.05, 0.1) is 11.8 Å². The van der Waals surface area contributed by atoms with Gasteiger partial charge in [-0.15, -0.1) is 0 Å². The molecule has 0 aromatic heterocycles. The van der Waals surface area contributed by atoms with Gasteiger partial charge >= 0.3 is 0 Å². The van der Waals surface area contributed by atoms with Crippen LogP contribution in [0.1, 0.15) is 47.1 Å². The summed E-state index contributed by atoms with van der Waals surface area (Å²) in [6.07, 6.45) is 0.197. The average Bonchev–Trinajstić information content (AvgIpc) is 2.35. The van der Waals surface area contributed by atoms with Gasteiger partial charge in [0.1, 0.15) is 5.75 Å². The van der Waals surface area contributed by atoms with E-state index in [-0.39, 0.29) is 6.10 Å². The molecule has 0 unspecified atom stereocenters. The molecular formula is C16H24N2O. The normalized spacial score (nSPS) is 11.4. The Morgan fingerprint density at radius 3 is 2.11 bits per heavy atom. The first-order valence-corrected chi connectivity index (χ1v) is 6.61. The molecular weight excluding hydrogens is 236 g/mol. The van der Waals surface area contributed by atoms with Crippen LogP contribution in [0.2, 0.25) is 0 Å². The first kappa shape index (κ1) is 15.3. The van der Waals surface area contributed by atoms with Gasteiger partial charge in [0.15, 0.2) is 0 Å². The van der Waals surface area contributed by atoms with Gasteiger partial charge in [-0.25, -0.2) is 0 Å². The van der Waals surface area contributed by atoms with Crippen LogP contribution < -0.4 is 10.2 Å². The van der Waals surface area contributed by atoms with Gasteiger partial charge in [-0.2, -0.15) is 5.10 Å². The number of rotatable bonds is 5. The molecule has 0 saturated carbocycles. The summed E-state index contributed by atoms with van der Waals surface area (Å²) in [6, 6.07) is 8.00. The van der Waals surface area contributed by atoms with Gasteiger partial charge < -0.3 is 4.74 Å². The molecule has 19 heavy (non-hydrogen) atoms. The van der Waals surface area contributed by atoms with Crippen LogP contribution in [0.25, 0.3) is 0 Å². The lowest BCUT2D eigenvalue weighted by Crippen LogP contribution is -2.09. The first-order valence-electron chi connectivity index (χ1n) is 6.61. The summed E-state index contributed by atoms with van der Waals surface area (Å²) in [4.78, 5) is 0. The molecule has 0 atom stereocenters. The summed E-state index contributed by atoms with van der Waals surface area (Å²) in [5.41, 5.74) is 7.42. The standard InChI is InChI=1S/C16H24N2O/c1-11(2)13(5)17-18-14(6)15-7-9-16(10-8-15)19-12(3)4/h7-10,12,17H,1-6H3/b18-14+. The molecule has 0 heterocycles. The monoisotopic (exact) mass is 260 g/mol. The Bertz CT molecular complexity index is 466. The van der Waals surface area contributed by atoms with Crippen LogP contribution in [-0.2, 0) is 0 Å². The lowest BCUT2D eigenvalue weighted by molar-refractivity contribution is 0.242. The van der Waals surface area contributed by atoms with Crippen molar-refractivity contribution in [2.45, 2.75) is 47.6 Å². The molecule has 0 aliphatic heterocycles. The summed E-state index contributed by atoms with van der Waals surface area (Å²) in [6.45, 7) is 12.2. The second-order valence-electron chi connectivity index (χ2n) is 5.13. The van der Waals surface area contributed by atoms with E-state index in [1.54, 1.807) is 0 Å². The van der Waals surface area contributed by atoms with Crippen molar-refractivity contribution in [2.24, 2.45) is 5.10 Å². The lowest BCUT2D eigenvalue weighted by atomic mass is 10.1. The fourth-order valence-corrected chi connectivity index (χ4v) is 1.39. The summed E-state index contributed by atoms with van der Waals surface area (Å²) in [7, 11) is 0. The molecule has 0 saturated heterocycles. The molecule has 0 spiro atoms. The zero-order valence-corrected chi connectivity index (χ0v) is 12.7. The van der Waals surface area contributed by atoms with Gasteiger partial charge in [0.25, 0.3) is 0 Å². The van der Waals surface area contributed by atoms with Crippen molar-refractivity contribution in [1.29, 1.82) is 0 Å². The highest BCUT2D eigenvalue weighted by molar-refractivity contribution is 5.98. The Morgan fingerprint density at radius 1 is 1.05 bits per heavy atom. The minimum atomic E-state index is 0.197. The highest BCUT2D eigenvalue weighted by Crippen LogP contribution is 2.14. The van der Waals surface area contributed by atoms with Crippen molar-refractivity contribution in [1.82, 2.24) is 5.43 Å². The third-order valence-electron chi connectivity index (χ3n) is 2.79. The average molecular weight is 260 g/mol. The van der Waals surface area contributed by atoms with Gasteiger partial charge in [0.2, 0.25) is 0 Å². The molecule has 104 valence electrons. The molecule has 0 amide bonds. The van der Waals surface area contributed by atoms with Crippen LogP contribution in [-0.4, -0.2) is 11.8 Å². The Morgan fingerprint density at radius 2 is 1.63 bits per heavy atom. The Kier molecular flexibility index (Phi) is 5.61. The van der Waals surface area contributed by atoms with E-state index in [1.807, 2.05) is 52.0 Å². The molecule has 0 aliphatic rings. The third kappa shape index (κ3) is 5.16. The number of benzene rings is 1. The van der Waals surface area contributed by atoms with Crippen LogP contribution in [0.15, 0.2) is 40.6 Å². The maximum Gasteiger partial charge on any atom is 0.119 e. The number of hydrogen-bond acceptors (Lipinski definition) is 3. The maximum absolute atomic E-state index is 5.62. The molecule has 1 aromatic carbocycles. The number of hydrazone groups is 1. The van der Waals surface area contributed by atoms with Crippen molar-refractivity contribution in [3.63, 3.8) is 0 Å². The number of allylic oxidation sites excluding steroid dienone is 2. The third-order valence-corrected chi connectivity index (χ3v) is 2.79. The summed E-state index contributed by atoms with van der Waals surface area (Å²) in [5.74, 6) is 0.889. The number of nitrogens with one attached hydrogen (secondary N) is 1. The van der Waals surface area contributed by atoms with E-state index >= 15 is 0 Å². The van der Waals surface area contributed by atoms with Crippen molar-refractivity contribution in [3.05, 3.63) is 41.1 Å². The van der Waals surface area contributed by atoms with E-state index in [0.717, 1.165) is 22.7 Å². The van der Waals surface area contributed by atoms with E-state index in [0.29, 0.717) is 0 Å². The minimum absolute atomic E-state index is 0.197. The van der Waals surface area contributed by atoms with E-state index in [4.69, 9.17) is 4.74 Å². The van der Waals surface area contributed by atoms with Crippen LogP contribution >= 0.6 is 0 Å². The molecule has 0 bridgehead atoms. The molecule has 3 heteroatoms. The fourth-order valence-electron chi connectivity index (χ4n) is 1.39. The van der Waals surface area contributed by atoms with Gasteiger partial charge in [-0.1, -0.05) is 5.57 Å². The highest BCUT2D eigenvalue weighted by atomic mass is 16.5. The highest BCUT2D eigenvalue weighted by Gasteiger charge is 2.00. The molecule has 3 nitrogen and oxygen atoms in total. The smallest absolute Gasteiger partial charge is 0.119 e. The predicted octanol–water partition coefficient (Wildman–Crippen LogP) is 4.10. The molecule has 0 radical (unpaired) electrons. The van der Waals surface area contributed by atoms with Gasteiger partial charge in [-0.3, -0.25) is 5.43 Å². The van der Waals surface area contributed by atoms with Gasteiger partial charge in [-0.05, 0) is 71.4 Å². The maximum atomic E-state index is 5.62. The minimum Gasteiger partial charge on any atom is -0.491 e. The summed E-state index contributed by atoms with van der Waals surface area (Å²) in [5, 5.41) is 4.37. The number of nitrogens with zero attached hydrogens (tertiary/aromatic N) is 1. The van der Waals surface area contributed by atoms with E-state index in [2.05, 4.69) is 24.4 Å².